The van der Waals surface area contributed by atoms with Gasteiger partial charge in [-0.2, -0.15) is 5.10 Å². The number of nitrogens with zero attached hydrogens (tertiary/aromatic N) is 4. The van der Waals surface area contributed by atoms with Crippen molar-refractivity contribution in [2.45, 2.75) is 59.0 Å². The van der Waals surface area contributed by atoms with Crippen LogP contribution in [0.5, 0.6) is 0 Å². The second-order valence-corrected chi connectivity index (χ2v) is 9.00. The molecule has 0 radical (unpaired) electrons. The molecule has 0 aliphatic carbocycles. The minimum atomic E-state index is 0.279. The number of aliphatic imine (C=N–C) groups is 1. The molecule has 1 aliphatic rings. The lowest BCUT2D eigenvalue weighted by molar-refractivity contribution is 0.255. The quantitative estimate of drug-likeness (QED) is 0.511. The van der Waals surface area contributed by atoms with E-state index in [0.29, 0.717) is 6.04 Å². The van der Waals surface area contributed by atoms with Crippen LogP contribution in [-0.4, -0.2) is 52.9 Å². The Kier molecular flexibility index (Phi) is 7.72. The van der Waals surface area contributed by atoms with Gasteiger partial charge in [-0.05, 0) is 77.1 Å². The molecule has 3 rings (SSSR count). The molecule has 2 atom stereocenters. The average molecular weight is 417 g/mol. The van der Waals surface area contributed by atoms with Crippen LogP contribution in [0.2, 0.25) is 0 Å². The number of hydrogen-bond donors (Lipinski definition) is 2. The van der Waals surface area contributed by atoms with Gasteiger partial charge >= 0.3 is 0 Å². The zero-order valence-electron chi connectivity index (χ0n) is 18.5. The SMILES string of the molecule is CCNC(=NCC(c1cccs1)N1CCCC1)NC(C)Cc1c(C)nn(C)c1C. The van der Waals surface area contributed by atoms with E-state index < -0.39 is 0 Å². The first-order valence-electron chi connectivity index (χ1n) is 10.8. The van der Waals surface area contributed by atoms with Crippen LogP contribution in [0.4, 0.5) is 0 Å². The van der Waals surface area contributed by atoms with Gasteiger partial charge in [0.25, 0.3) is 0 Å². The maximum atomic E-state index is 4.98. The summed E-state index contributed by atoms with van der Waals surface area (Å²) in [4.78, 5) is 8.99. The fourth-order valence-corrected chi connectivity index (χ4v) is 4.97. The summed E-state index contributed by atoms with van der Waals surface area (Å²) in [5.41, 5.74) is 3.69. The standard InChI is InChI=1S/C22H36N6S/c1-6-23-22(25-16(2)14-19-17(3)26-27(5)18(19)4)24-15-20(21-10-9-13-29-21)28-11-7-8-12-28/h9-10,13,16,20H,6-8,11-12,14-15H2,1-5H3,(H2,23,24,25). The maximum absolute atomic E-state index is 4.98. The van der Waals surface area contributed by atoms with Crippen LogP contribution in [0, 0.1) is 13.8 Å². The van der Waals surface area contributed by atoms with E-state index in [4.69, 9.17) is 4.99 Å². The number of thiophene rings is 1. The lowest BCUT2D eigenvalue weighted by Crippen LogP contribution is -2.43. The van der Waals surface area contributed by atoms with E-state index in [1.807, 2.05) is 23.1 Å². The highest BCUT2D eigenvalue weighted by Gasteiger charge is 2.24. The molecule has 1 saturated heterocycles. The van der Waals surface area contributed by atoms with Gasteiger partial charge in [-0.1, -0.05) is 6.07 Å². The summed E-state index contributed by atoms with van der Waals surface area (Å²) in [6, 6.07) is 5.06. The lowest BCUT2D eigenvalue weighted by Gasteiger charge is -2.26. The first-order valence-corrected chi connectivity index (χ1v) is 11.7. The Bertz CT molecular complexity index is 789. The van der Waals surface area contributed by atoms with Gasteiger partial charge in [0.1, 0.15) is 0 Å². The molecule has 0 saturated carbocycles. The number of rotatable bonds is 8. The number of hydrogen-bond acceptors (Lipinski definition) is 4. The minimum absolute atomic E-state index is 0.279. The highest BCUT2D eigenvalue weighted by atomic mass is 32.1. The van der Waals surface area contributed by atoms with Crippen molar-refractivity contribution in [1.82, 2.24) is 25.3 Å². The topological polar surface area (TPSA) is 57.5 Å². The van der Waals surface area contributed by atoms with Gasteiger partial charge in [0.15, 0.2) is 5.96 Å². The Hall–Kier alpha value is -1.86. The number of guanidine groups is 1. The first-order chi connectivity index (χ1) is 14.0. The van der Waals surface area contributed by atoms with E-state index in [0.717, 1.165) is 31.2 Å². The molecule has 6 nitrogen and oxygen atoms in total. The molecule has 160 valence electrons. The Labute approximate surface area is 179 Å². The van der Waals surface area contributed by atoms with Crippen molar-refractivity contribution in [2.24, 2.45) is 12.0 Å². The van der Waals surface area contributed by atoms with Gasteiger partial charge in [-0.3, -0.25) is 14.6 Å². The molecular weight excluding hydrogens is 380 g/mol. The molecule has 3 heterocycles. The third-order valence-corrected chi connectivity index (χ3v) is 6.75. The zero-order valence-corrected chi connectivity index (χ0v) is 19.4. The molecule has 2 aromatic rings. The molecule has 1 aliphatic heterocycles. The second-order valence-electron chi connectivity index (χ2n) is 8.02. The van der Waals surface area contributed by atoms with Gasteiger partial charge in [0, 0.05) is 30.2 Å². The van der Waals surface area contributed by atoms with Crippen molar-refractivity contribution in [3.8, 4) is 0 Å². The summed E-state index contributed by atoms with van der Waals surface area (Å²) in [7, 11) is 2.01. The Morgan fingerprint density at radius 2 is 2.07 bits per heavy atom. The van der Waals surface area contributed by atoms with Crippen molar-refractivity contribution in [3.63, 3.8) is 0 Å². The molecule has 0 spiro atoms. The summed E-state index contributed by atoms with van der Waals surface area (Å²) >= 11 is 1.84. The molecule has 0 aromatic carbocycles. The summed E-state index contributed by atoms with van der Waals surface area (Å²) in [5.74, 6) is 0.903. The van der Waals surface area contributed by atoms with Gasteiger partial charge < -0.3 is 10.6 Å². The molecule has 2 unspecified atom stereocenters. The molecule has 0 bridgehead atoms. The lowest BCUT2D eigenvalue weighted by atomic mass is 10.1. The van der Waals surface area contributed by atoms with Crippen molar-refractivity contribution < 1.29 is 0 Å². The second kappa shape index (κ2) is 10.3. The first kappa shape index (κ1) is 21.8. The number of nitrogens with one attached hydrogen (secondary N) is 2. The van der Waals surface area contributed by atoms with Gasteiger partial charge in [0.2, 0.25) is 0 Å². The minimum Gasteiger partial charge on any atom is -0.357 e. The summed E-state index contributed by atoms with van der Waals surface area (Å²) in [6.07, 6.45) is 3.53. The van der Waals surface area contributed by atoms with E-state index in [1.165, 1.54) is 42.1 Å². The van der Waals surface area contributed by atoms with E-state index in [-0.39, 0.29) is 6.04 Å². The fourth-order valence-electron chi connectivity index (χ4n) is 4.12. The normalized spacial score (nSPS) is 17.5. The largest absolute Gasteiger partial charge is 0.357 e. The molecular formula is C22H36N6S. The smallest absolute Gasteiger partial charge is 0.191 e. The van der Waals surface area contributed by atoms with Gasteiger partial charge in [-0.15, -0.1) is 11.3 Å². The predicted octanol–water partition coefficient (Wildman–Crippen LogP) is 3.42. The van der Waals surface area contributed by atoms with Crippen molar-refractivity contribution in [1.29, 1.82) is 0 Å². The highest BCUT2D eigenvalue weighted by Crippen LogP contribution is 2.28. The summed E-state index contributed by atoms with van der Waals surface area (Å²) in [6.45, 7) is 12.6. The predicted molar refractivity (Wildman–Crippen MR) is 123 cm³/mol. The monoisotopic (exact) mass is 416 g/mol. The van der Waals surface area contributed by atoms with Crippen LogP contribution in [0.3, 0.4) is 0 Å². The van der Waals surface area contributed by atoms with Gasteiger partial charge in [0.05, 0.1) is 18.3 Å². The zero-order chi connectivity index (χ0) is 20.8. The van der Waals surface area contributed by atoms with Crippen LogP contribution in [0.25, 0.3) is 0 Å². The maximum Gasteiger partial charge on any atom is 0.191 e. The molecule has 29 heavy (non-hydrogen) atoms. The third-order valence-electron chi connectivity index (χ3n) is 5.77. The van der Waals surface area contributed by atoms with Crippen molar-refractivity contribution in [2.75, 3.05) is 26.2 Å². The van der Waals surface area contributed by atoms with E-state index in [1.54, 1.807) is 0 Å². The fraction of sp³-hybridized carbons (Fsp3) is 0.636. The molecule has 7 heteroatoms. The molecule has 1 fully saturated rings. The van der Waals surface area contributed by atoms with E-state index >= 15 is 0 Å². The van der Waals surface area contributed by atoms with Crippen LogP contribution >= 0.6 is 11.3 Å². The van der Waals surface area contributed by atoms with Crippen LogP contribution in [-0.2, 0) is 13.5 Å². The molecule has 2 N–H and O–H groups in total. The van der Waals surface area contributed by atoms with Crippen molar-refractivity contribution in [3.05, 3.63) is 39.3 Å². The van der Waals surface area contributed by atoms with Crippen LogP contribution in [0.1, 0.15) is 54.6 Å². The Morgan fingerprint density at radius 3 is 2.66 bits per heavy atom. The van der Waals surface area contributed by atoms with E-state index in [2.05, 4.69) is 65.8 Å². The third kappa shape index (κ3) is 5.60. The number of aromatic nitrogens is 2. The average Bonchev–Trinajstić information content (AvgIpc) is 3.43. The molecule has 2 aromatic heterocycles. The van der Waals surface area contributed by atoms with Gasteiger partial charge in [-0.25, -0.2) is 0 Å². The number of likely N-dealkylation sites (tertiary alicyclic amines) is 1. The Balaban J connectivity index is 1.68. The number of aryl methyl sites for hydroxylation is 2. The molecule has 0 amide bonds. The Morgan fingerprint density at radius 1 is 1.31 bits per heavy atom. The van der Waals surface area contributed by atoms with Crippen LogP contribution in [0.15, 0.2) is 22.5 Å². The highest BCUT2D eigenvalue weighted by molar-refractivity contribution is 7.10. The summed E-state index contributed by atoms with van der Waals surface area (Å²) in [5, 5.41) is 13.8. The van der Waals surface area contributed by atoms with Crippen molar-refractivity contribution >= 4 is 17.3 Å². The summed E-state index contributed by atoms with van der Waals surface area (Å²) < 4.78 is 1.97. The van der Waals surface area contributed by atoms with E-state index in [9.17, 15) is 0 Å². The van der Waals surface area contributed by atoms with Crippen LogP contribution < -0.4 is 10.6 Å².